The maximum Gasteiger partial charge on any atom is 0.226 e. The van der Waals surface area contributed by atoms with Gasteiger partial charge < -0.3 is 5.32 Å². The summed E-state index contributed by atoms with van der Waals surface area (Å²) in [5.41, 5.74) is 2.06. The number of rotatable bonds is 5. The number of aryl methyl sites for hydroxylation is 1. The van der Waals surface area contributed by atoms with Gasteiger partial charge in [0.25, 0.3) is 0 Å². The molecule has 8 nitrogen and oxygen atoms in total. The minimum absolute atomic E-state index is 0.120. The number of aromatic amines is 1. The molecule has 0 fully saturated rings. The van der Waals surface area contributed by atoms with Crippen LogP contribution < -0.4 is 5.32 Å². The van der Waals surface area contributed by atoms with Gasteiger partial charge in [-0.25, -0.2) is 9.61 Å². The molecule has 1 aromatic carbocycles. The second kappa shape index (κ2) is 6.17. The zero-order valence-electron chi connectivity index (χ0n) is 11.9. The number of carbonyl (C=O) groups excluding carboxylic acids is 1. The van der Waals surface area contributed by atoms with E-state index in [0.29, 0.717) is 23.0 Å². The summed E-state index contributed by atoms with van der Waals surface area (Å²) in [6.07, 6.45) is 0.120. The van der Waals surface area contributed by atoms with Crippen LogP contribution in [0.15, 0.2) is 35.0 Å². The smallest absolute Gasteiger partial charge is 0.226 e. The van der Waals surface area contributed by atoms with Gasteiger partial charge in [0, 0.05) is 5.56 Å². The van der Waals surface area contributed by atoms with Gasteiger partial charge in [0.2, 0.25) is 5.91 Å². The molecule has 3 rings (SSSR count). The van der Waals surface area contributed by atoms with E-state index in [1.807, 2.05) is 30.3 Å². The molecule has 0 saturated carbocycles. The summed E-state index contributed by atoms with van der Waals surface area (Å²) in [6.45, 7) is 2.00. The molecule has 22 heavy (non-hydrogen) atoms. The Morgan fingerprint density at radius 2 is 2.09 bits per heavy atom. The minimum Gasteiger partial charge on any atom is -0.348 e. The maximum absolute atomic E-state index is 11.8. The van der Waals surface area contributed by atoms with Gasteiger partial charge in [-0.3, -0.25) is 9.89 Å². The van der Waals surface area contributed by atoms with Crippen molar-refractivity contribution in [3.63, 3.8) is 0 Å². The van der Waals surface area contributed by atoms with Crippen molar-refractivity contribution in [1.29, 1.82) is 0 Å². The standard InChI is InChI=1S/C14H14N6O2/c1-9-11(20-22-19-9)7-13(21)15-8-12-16-14(18-17-12)10-5-3-2-4-6-10/h2-6H,7-8H2,1H3,(H,15,21)(H,16,17,18). The van der Waals surface area contributed by atoms with Crippen LogP contribution in [0.5, 0.6) is 0 Å². The summed E-state index contributed by atoms with van der Waals surface area (Å²) in [7, 11) is 0. The number of amides is 1. The van der Waals surface area contributed by atoms with Crippen LogP contribution in [0.2, 0.25) is 0 Å². The van der Waals surface area contributed by atoms with Crippen LogP contribution in [0, 0.1) is 6.92 Å². The van der Waals surface area contributed by atoms with E-state index in [-0.39, 0.29) is 18.9 Å². The van der Waals surface area contributed by atoms with E-state index in [2.05, 4.69) is 35.4 Å². The molecule has 0 spiro atoms. The molecule has 2 N–H and O–H groups in total. The van der Waals surface area contributed by atoms with Crippen LogP contribution in [0.4, 0.5) is 0 Å². The average molecular weight is 298 g/mol. The first kappa shape index (κ1) is 13.9. The second-order valence-electron chi connectivity index (χ2n) is 4.72. The van der Waals surface area contributed by atoms with E-state index < -0.39 is 0 Å². The lowest BCUT2D eigenvalue weighted by atomic mass is 10.2. The summed E-state index contributed by atoms with van der Waals surface area (Å²) >= 11 is 0. The Balaban J connectivity index is 1.57. The Kier molecular flexibility index (Phi) is 3.90. The van der Waals surface area contributed by atoms with Crippen LogP contribution in [0.3, 0.4) is 0 Å². The Hall–Kier alpha value is -3.03. The quantitative estimate of drug-likeness (QED) is 0.728. The van der Waals surface area contributed by atoms with Crippen LogP contribution in [-0.2, 0) is 17.8 Å². The van der Waals surface area contributed by atoms with Crippen molar-refractivity contribution in [3.8, 4) is 11.4 Å². The van der Waals surface area contributed by atoms with Gasteiger partial charge in [0.15, 0.2) is 5.82 Å². The second-order valence-corrected chi connectivity index (χ2v) is 4.72. The van der Waals surface area contributed by atoms with Gasteiger partial charge >= 0.3 is 0 Å². The third-order valence-electron chi connectivity index (χ3n) is 3.09. The highest BCUT2D eigenvalue weighted by Gasteiger charge is 2.12. The highest BCUT2D eigenvalue weighted by atomic mass is 16.6. The van der Waals surface area contributed by atoms with E-state index in [4.69, 9.17) is 0 Å². The number of hydrogen-bond acceptors (Lipinski definition) is 6. The Morgan fingerprint density at radius 3 is 2.82 bits per heavy atom. The van der Waals surface area contributed by atoms with Gasteiger partial charge in [0.05, 0.1) is 13.0 Å². The first-order valence-corrected chi connectivity index (χ1v) is 6.74. The fraction of sp³-hybridized carbons (Fsp3) is 0.214. The lowest BCUT2D eigenvalue weighted by molar-refractivity contribution is -0.120. The van der Waals surface area contributed by atoms with Crippen molar-refractivity contribution in [3.05, 3.63) is 47.5 Å². The van der Waals surface area contributed by atoms with E-state index in [1.54, 1.807) is 6.92 Å². The summed E-state index contributed by atoms with van der Waals surface area (Å²) in [5, 5.41) is 17.0. The number of nitrogens with one attached hydrogen (secondary N) is 2. The normalized spacial score (nSPS) is 10.6. The van der Waals surface area contributed by atoms with Gasteiger partial charge in [0.1, 0.15) is 17.2 Å². The first-order chi connectivity index (χ1) is 10.7. The lowest BCUT2D eigenvalue weighted by Crippen LogP contribution is -2.25. The zero-order valence-corrected chi connectivity index (χ0v) is 11.9. The van der Waals surface area contributed by atoms with Crippen LogP contribution in [0.1, 0.15) is 17.2 Å². The first-order valence-electron chi connectivity index (χ1n) is 6.74. The highest BCUT2D eigenvalue weighted by Crippen LogP contribution is 2.13. The number of nitrogens with zero attached hydrogens (tertiary/aromatic N) is 4. The molecule has 0 aliphatic heterocycles. The molecule has 0 atom stereocenters. The Labute approximate surface area is 125 Å². The van der Waals surface area contributed by atoms with Crippen molar-refractivity contribution in [2.75, 3.05) is 0 Å². The third kappa shape index (κ3) is 3.17. The fourth-order valence-corrected chi connectivity index (χ4v) is 1.90. The molecule has 0 radical (unpaired) electrons. The molecular formula is C14H14N6O2. The monoisotopic (exact) mass is 298 g/mol. The topological polar surface area (TPSA) is 110 Å². The molecule has 1 amide bonds. The molecular weight excluding hydrogens is 284 g/mol. The van der Waals surface area contributed by atoms with Crippen LogP contribution in [0.25, 0.3) is 11.4 Å². The predicted molar refractivity (Wildman–Crippen MR) is 76.4 cm³/mol. The van der Waals surface area contributed by atoms with E-state index in [9.17, 15) is 4.79 Å². The summed E-state index contributed by atoms with van der Waals surface area (Å²) < 4.78 is 4.55. The van der Waals surface area contributed by atoms with Crippen molar-refractivity contribution in [1.82, 2.24) is 30.8 Å². The number of hydrogen-bond donors (Lipinski definition) is 2. The number of carbonyl (C=O) groups is 1. The number of benzene rings is 1. The van der Waals surface area contributed by atoms with Gasteiger partial charge in [-0.05, 0) is 6.92 Å². The van der Waals surface area contributed by atoms with Crippen molar-refractivity contribution < 1.29 is 9.42 Å². The van der Waals surface area contributed by atoms with Crippen molar-refractivity contribution in [2.24, 2.45) is 0 Å². The molecule has 2 aromatic heterocycles. The molecule has 112 valence electrons. The SMILES string of the molecule is Cc1nonc1CC(=O)NCc1nc(-c2ccccc2)n[nH]1. The molecule has 0 saturated heterocycles. The molecule has 0 bridgehead atoms. The largest absolute Gasteiger partial charge is 0.348 e. The summed E-state index contributed by atoms with van der Waals surface area (Å²) in [6, 6.07) is 9.61. The minimum atomic E-state index is -0.184. The predicted octanol–water partition coefficient (Wildman–Crippen LogP) is 1.02. The molecule has 2 heterocycles. The van der Waals surface area contributed by atoms with E-state index in [0.717, 1.165) is 5.56 Å². The average Bonchev–Trinajstić information content (AvgIpc) is 3.16. The molecule has 3 aromatic rings. The summed E-state index contributed by atoms with van der Waals surface area (Å²) in [4.78, 5) is 16.2. The molecule has 0 unspecified atom stereocenters. The third-order valence-corrected chi connectivity index (χ3v) is 3.09. The number of H-pyrrole nitrogens is 1. The summed E-state index contributed by atoms with van der Waals surface area (Å²) in [5.74, 6) is 1.00. The lowest BCUT2D eigenvalue weighted by Gasteiger charge is -2.00. The van der Waals surface area contributed by atoms with E-state index >= 15 is 0 Å². The van der Waals surface area contributed by atoms with Crippen LogP contribution in [-0.4, -0.2) is 31.4 Å². The van der Waals surface area contributed by atoms with Gasteiger partial charge in [-0.1, -0.05) is 40.6 Å². The van der Waals surface area contributed by atoms with Crippen molar-refractivity contribution >= 4 is 5.91 Å². The van der Waals surface area contributed by atoms with Crippen molar-refractivity contribution in [2.45, 2.75) is 19.9 Å². The van der Waals surface area contributed by atoms with Gasteiger partial charge in [-0.15, -0.1) is 0 Å². The van der Waals surface area contributed by atoms with Gasteiger partial charge in [-0.2, -0.15) is 5.10 Å². The Morgan fingerprint density at radius 1 is 1.27 bits per heavy atom. The fourth-order valence-electron chi connectivity index (χ4n) is 1.90. The number of aromatic nitrogens is 5. The van der Waals surface area contributed by atoms with E-state index in [1.165, 1.54) is 0 Å². The maximum atomic E-state index is 11.8. The van der Waals surface area contributed by atoms with Crippen LogP contribution >= 0.6 is 0 Å². The molecule has 0 aliphatic rings. The molecule has 0 aliphatic carbocycles. The zero-order chi connectivity index (χ0) is 15.4. The molecule has 8 heteroatoms. The highest BCUT2D eigenvalue weighted by molar-refractivity contribution is 5.78. The Bertz CT molecular complexity index is 765.